The Bertz CT molecular complexity index is 1470. The second-order valence-corrected chi connectivity index (χ2v) is 17.3. The van der Waals surface area contributed by atoms with E-state index < -0.39 is 18.1 Å². The van der Waals surface area contributed by atoms with Crippen LogP contribution in [0.15, 0.2) is 122 Å². The van der Waals surface area contributed by atoms with E-state index in [-0.39, 0.29) is 49.1 Å². The zero-order valence-corrected chi connectivity index (χ0v) is 41.6. The van der Waals surface area contributed by atoms with Gasteiger partial charge in [0.1, 0.15) is 12.6 Å². The molecule has 2 atom stereocenters. The molecule has 0 aromatic heterocycles. The molecule has 2 unspecified atom stereocenters. The molecule has 0 spiro atoms. The first kappa shape index (κ1) is 60.7. The molecular formula is C57H91NO7. The van der Waals surface area contributed by atoms with Crippen molar-refractivity contribution in [1.29, 1.82) is 0 Å². The lowest BCUT2D eigenvalue weighted by atomic mass is 10.1. The highest BCUT2D eigenvalue weighted by molar-refractivity contribution is 5.70. The molecule has 0 N–H and O–H groups in total. The van der Waals surface area contributed by atoms with E-state index in [1.807, 2.05) is 0 Å². The van der Waals surface area contributed by atoms with Crippen molar-refractivity contribution in [3.05, 3.63) is 122 Å². The lowest BCUT2D eigenvalue weighted by Gasteiger charge is -2.34. The maximum atomic E-state index is 12.8. The van der Waals surface area contributed by atoms with Crippen molar-refractivity contribution >= 4 is 17.9 Å². The second-order valence-electron chi connectivity index (χ2n) is 17.3. The molecule has 8 nitrogen and oxygen atoms in total. The Hall–Kier alpha value is -4.27. The van der Waals surface area contributed by atoms with Crippen LogP contribution in [0.1, 0.15) is 168 Å². The highest BCUT2D eigenvalue weighted by Gasteiger charge is 2.25. The van der Waals surface area contributed by atoms with Gasteiger partial charge in [0.2, 0.25) is 0 Å². The van der Waals surface area contributed by atoms with Crippen LogP contribution in [0.3, 0.4) is 0 Å². The van der Waals surface area contributed by atoms with Crippen LogP contribution in [0.25, 0.3) is 0 Å². The van der Waals surface area contributed by atoms with E-state index in [4.69, 9.17) is 14.2 Å². The largest absolute Gasteiger partial charge is 0.544 e. The van der Waals surface area contributed by atoms with E-state index in [2.05, 4.69) is 135 Å². The summed E-state index contributed by atoms with van der Waals surface area (Å²) in [6.45, 7) is 4.36. The van der Waals surface area contributed by atoms with Crippen LogP contribution in [0.5, 0.6) is 0 Å². The van der Waals surface area contributed by atoms with Crippen molar-refractivity contribution in [3.63, 3.8) is 0 Å². The molecule has 0 saturated carbocycles. The minimum absolute atomic E-state index is 0.0149. The predicted octanol–water partition coefficient (Wildman–Crippen LogP) is 13.2. The summed E-state index contributed by atoms with van der Waals surface area (Å²) in [6.07, 6.45) is 65.1. The Morgan fingerprint density at radius 3 is 1.22 bits per heavy atom. The van der Waals surface area contributed by atoms with Gasteiger partial charge < -0.3 is 28.6 Å². The highest BCUT2D eigenvalue weighted by atomic mass is 16.6. The van der Waals surface area contributed by atoms with Gasteiger partial charge in [-0.1, -0.05) is 167 Å². The molecule has 0 rings (SSSR count). The summed E-state index contributed by atoms with van der Waals surface area (Å²) in [6, 6.07) is -0.743. The molecule has 0 aromatic rings. The van der Waals surface area contributed by atoms with Crippen LogP contribution < -0.4 is 5.11 Å². The Morgan fingerprint density at radius 1 is 0.462 bits per heavy atom. The number of carbonyl (C=O) groups excluding carboxylic acids is 3. The van der Waals surface area contributed by atoms with Crippen LogP contribution in [0, 0.1) is 0 Å². The maximum Gasteiger partial charge on any atom is 0.306 e. The van der Waals surface area contributed by atoms with Crippen LogP contribution in [-0.2, 0) is 28.6 Å². The third-order valence-corrected chi connectivity index (χ3v) is 10.3. The van der Waals surface area contributed by atoms with E-state index in [1.54, 1.807) is 21.1 Å². The standard InChI is InChI=1S/C57H91NO7/c1-6-8-10-12-14-16-18-20-22-24-26-27-28-30-32-34-36-38-40-42-44-46-48-56(60)65-53(51-63-50-49-54(57(61)62)58(3,4)5)52-64-55(59)47-45-43-41-39-37-35-33-31-29-25-23-21-19-17-15-13-11-9-7-2/h8-11,14-17,20-23,26-27,29-32,35,37,53-54H,6-7,12-13,18-19,24-25,28,33-34,36,38-52H2,1-5H3/b10-8+,11-9+,16-14+,17-15+,22-20+,23-21+,27-26+,31-29+,32-30+,37-35+. The lowest BCUT2D eigenvalue weighted by Crippen LogP contribution is -2.55. The van der Waals surface area contributed by atoms with Gasteiger partial charge in [-0.05, 0) is 103 Å². The normalized spacial score (nSPS) is 13.9. The van der Waals surface area contributed by atoms with E-state index >= 15 is 0 Å². The molecule has 0 aromatic carbocycles. The van der Waals surface area contributed by atoms with Crippen molar-refractivity contribution < 1.29 is 38.2 Å². The number of hydrogen-bond donors (Lipinski definition) is 0. The number of unbranched alkanes of at least 4 members (excludes halogenated alkanes) is 9. The molecule has 0 aliphatic rings. The van der Waals surface area contributed by atoms with Gasteiger partial charge in [0.15, 0.2) is 6.10 Å². The summed E-state index contributed by atoms with van der Waals surface area (Å²) in [5.74, 6) is -1.81. The number of likely N-dealkylation sites (N-methyl/N-ethyl adjacent to an activating group) is 1. The predicted molar refractivity (Wildman–Crippen MR) is 272 cm³/mol. The third kappa shape index (κ3) is 44.7. The Morgan fingerprint density at radius 2 is 0.815 bits per heavy atom. The zero-order chi connectivity index (χ0) is 47.7. The first-order valence-electron chi connectivity index (χ1n) is 25.1. The molecule has 8 heteroatoms. The van der Waals surface area contributed by atoms with Crippen molar-refractivity contribution in [2.75, 3.05) is 41.0 Å². The SMILES string of the molecule is CC/C=C/C/C=C/C/C=C/C/C=C/C/C=C/CCCCCCCCC(=O)OC(COCCC(C(=O)[O-])[N+](C)(C)C)COC(=O)CCCCC/C=C/C/C=C/C/C=C/C/C=C/C/C=C/CC. The minimum Gasteiger partial charge on any atom is -0.544 e. The zero-order valence-electron chi connectivity index (χ0n) is 41.6. The third-order valence-electron chi connectivity index (χ3n) is 10.3. The quantitative estimate of drug-likeness (QED) is 0.0260. The number of carbonyl (C=O) groups is 3. The van der Waals surface area contributed by atoms with Gasteiger partial charge in [-0.25, -0.2) is 0 Å². The number of rotatable bonds is 43. The number of quaternary nitrogens is 1. The van der Waals surface area contributed by atoms with Crippen LogP contribution in [0.2, 0.25) is 0 Å². The number of nitrogens with zero attached hydrogens (tertiary/aromatic N) is 1. The van der Waals surface area contributed by atoms with Crippen molar-refractivity contribution in [2.45, 2.75) is 180 Å². The Kier molecular flexibility index (Phi) is 43.2. The summed E-state index contributed by atoms with van der Waals surface area (Å²) in [4.78, 5) is 37.0. The average Bonchev–Trinajstić information content (AvgIpc) is 3.27. The molecule has 65 heavy (non-hydrogen) atoms. The van der Waals surface area contributed by atoms with E-state index in [0.717, 1.165) is 128 Å². The number of carboxylic acid groups (broad SMARTS) is 1. The van der Waals surface area contributed by atoms with Gasteiger partial charge in [-0.2, -0.15) is 0 Å². The molecule has 366 valence electrons. The van der Waals surface area contributed by atoms with Gasteiger partial charge in [0.05, 0.1) is 40.3 Å². The summed E-state index contributed by atoms with van der Waals surface area (Å²) >= 11 is 0. The van der Waals surface area contributed by atoms with E-state index in [9.17, 15) is 19.5 Å². The maximum absolute atomic E-state index is 12.8. The molecular weight excluding hydrogens is 811 g/mol. The van der Waals surface area contributed by atoms with Gasteiger partial charge in [-0.3, -0.25) is 9.59 Å². The molecule has 0 saturated heterocycles. The average molecular weight is 902 g/mol. The Labute approximate surface area is 397 Å². The minimum atomic E-state index is -1.14. The summed E-state index contributed by atoms with van der Waals surface area (Å²) in [5, 5.41) is 11.7. The summed E-state index contributed by atoms with van der Waals surface area (Å²) in [5.41, 5.74) is 0. The highest BCUT2D eigenvalue weighted by Crippen LogP contribution is 2.13. The van der Waals surface area contributed by atoms with Crippen molar-refractivity contribution in [3.8, 4) is 0 Å². The second kappa shape index (κ2) is 46.3. The monoisotopic (exact) mass is 902 g/mol. The van der Waals surface area contributed by atoms with Crippen molar-refractivity contribution in [1.82, 2.24) is 0 Å². The molecule has 0 amide bonds. The number of allylic oxidation sites excluding steroid dienone is 20. The summed E-state index contributed by atoms with van der Waals surface area (Å²) in [7, 11) is 5.38. The number of ether oxygens (including phenoxy) is 3. The van der Waals surface area contributed by atoms with Crippen molar-refractivity contribution in [2.24, 2.45) is 0 Å². The number of esters is 2. The van der Waals surface area contributed by atoms with Gasteiger partial charge >= 0.3 is 11.9 Å². The molecule has 0 aliphatic heterocycles. The van der Waals surface area contributed by atoms with E-state index in [1.165, 1.54) is 6.42 Å². The molecule has 0 bridgehead atoms. The number of carboxylic acids is 1. The van der Waals surface area contributed by atoms with Crippen LogP contribution >= 0.6 is 0 Å². The molecule has 0 heterocycles. The van der Waals surface area contributed by atoms with Crippen LogP contribution in [-0.4, -0.2) is 75.5 Å². The fourth-order valence-corrected chi connectivity index (χ4v) is 6.53. The van der Waals surface area contributed by atoms with Gasteiger partial charge in [-0.15, -0.1) is 0 Å². The molecule has 0 aliphatic carbocycles. The number of aliphatic carboxylic acids is 1. The topological polar surface area (TPSA) is 102 Å². The first-order valence-corrected chi connectivity index (χ1v) is 25.1. The summed E-state index contributed by atoms with van der Waals surface area (Å²) < 4.78 is 17.2. The van der Waals surface area contributed by atoms with Gasteiger partial charge in [0.25, 0.3) is 0 Å². The Balaban J connectivity index is 4.39. The fourth-order valence-electron chi connectivity index (χ4n) is 6.53. The molecule has 0 radical (unpaired) electrons. The van der Waals surface area contributed by atoms with Crippen LogP contribution in [0.4, 0.5) is 0 Å². The van der Waals surface area contributed by atoms with E-state index in [0.29, 0.717) is 6.42 Å². The molecule has 0 fully saturated rings. The fraction of sp³-hybridized carbons (Fsp3) is 0.596. The smallest absolute Gasteiger partial charge is 0.306 e. The number of hydrogen-bond acceptors (Lipinski definition) is 7. The van der Waals surface area contributed by atoms with Gasteiger partial charge in [0, 0.05) is 19.3 Å². The lowest BCUT2D eigenvalue weighted by molar-refractivity contribution is -0.889. The first-order chi connectivity index (χ1) is 31.6.